The Balaban J connectivity index is 2.25. The van der Waals surface area contributed by atoms with Crippen LogP contribution < -0.4 is 5.73 Å². The molecular formula is C16H12F3N. The molecule has 0 heterocycles. The summed E-state index contributed by atoms with van der Waals surface area (Å²) in [6.45, 7) is 1.92. The molecule has 0 radical (unpaired) electrons. The van der Waals surface area contributed by atoms with E-state index in [1.807, 2.05) is 13.0 Å². The lowest BCUT2D eigenvalue weighted by atomic mass is 10.1. The van der Waals surface area contributed by atoms with Gasteiger partial charge in [-0.3, -0.25) is 0 Å². The third-order valence-electron chi connectivity index (χ3n) is 2.76. The standard InChI is InChI=1S/C16H12F3N/c1-11-2-6-13(15(20)10-11)7-3-12-4-8-14(9-5-12)16(17,18)19/h2,4-6,8-10H,20H2,1H3. The molecule has 102 valence electrons. The lowest BCUT2D eigenvalue weighted by molar-refractivity contribution is -0.137. The van der Waals surface area contributed by atoms with Crippen molar-refractivity contribution in [2.24, 2.45) is 0 Å². The summed E-state index contributed by atoms with van der Waals surface area (Å²) in [7, 11) is 0. The Morgan fingerprint density at radius 3 is 2.15 bits per heavy atom. The van der Waals surface area contributed by atoms with Crippen LogP contribution in [0.25, 0.3) is 0 Å². The Labute approximate surface area is 115 Å². The highest BCUT2D eigenvalue weighted by molar-refractivity contribution is 5.58. The van der Waals surface area contributed by atoms with Gasteiger partial charge in [-0.2, -0.15) is 13.2 Å². The zero-order valence-electron chi connectivity index (χ0n) is 10.8. The van der Waals surface area contributed by atoms with E-state index in [2.05, 4.69) is 11.8 Å². The number of halogens is 3. The molecule has 0 amide bonds. The number of hydrogen-bond donors (Lipinski definition) is 1. The molecule has 0 bridgehead atoms. The third-order valence-corrected chi connectivity index (χ3v) is 2.76. The largest absolute Gasteiger partial charge is 0.416 e. The van der Waals surface area contributed by atoms with Gasteiger partial charge in [0, 0.05) is 16.8 Å². The molecule has 0 fully saturated rings. The van der Waals surface area contributed by atoms with Gasteiger partial charge >= 0.3 is 6.18 Å². The van der Waals surface area contributed by atoms with Crippen molar-refractivity contribution in [3.05, 3.63) is 64.7 Å². The molecule has 0 saturated carbocycles. The maximum atomic E-state index is 12.4. The molecule has 0 aliphatic rings. The van der Waals surface area contributed by atoms with Crippen molar-refractivity contribution in [2.45, 2.75) is 13.1 Å². The fourth-order valence-corrected chi connectivity index (χ4v) is 1.68. The van der Waals surface area contributed by atoms with Gasteiger partial charge in [0.15, 0.2) is 0 Å². The van der Waals surface area contributed by atoms with Crippen molar-refractivity contribution < 1.29 is 13.2 Å². The van der Waals surface area contributed by atoms with Gasteiger partial charge in [-0.05, 0) is 48.9 Å². The molecule has 2 N–H and O–H groups in total. The van der Waals surface area contributed by atoms with Crippen LogP contribution in [0.1, 0.15) is 22.3 Å². The van der Waals surface area contributed by atoms with Crippen LogP contribution >= 0.6 is 0 Å². The number of anilines is 1. The topological polar surface area (TPSA) is 26.0 Å². The average molecular weight is 275 g/mol. The minimum atomic E-state index is -4.33. The fourth-order valence-electron chi connectivity index (χ4n) is 1.68. The van der Waals surface area contributed by atoms with Crippen LogP contribution in [-0.4, -0.2) is 0 Å². The first-order valence-corrected chi connectivity index (χ1v) is 5.92. The molecule has 2 rings (SSSR count). The molecule has 0 unspecified atom stereocenters. The van der Waals surface area contributed by atoms with Gasteiger partial charge in [0.2, 0.25) is 0 Å². The second-order valence-corrected chi connectivity index (χ2v) is 4.42. The Morgan fingerprint density at radius 1 is 0.950 bits per heavy atom. The molecule has 1 nitrogen and oxygen atoms in total. The van der Waals surface area contributed by atoms with Crippen LogP contribution in [0.5, 0.6) is 0 Å². The van der Waals surface area contributed by atoms with Gasteiger partial charge in [-0.1, -0.05) is 17.9 Å². The first-order valence-electron chi connectivity index (χ1n) is 5.92. The predicted molar refractivity (Wildman–Crippen MR) is 73.0 cm³/mol. The van der Waals surface area contributed by atoms with E-state index < -0.39 is 11.7 Å². The number of nitrogens with two attached hydrogens (primary N) is 1. The van der Waals surface area contributed by atoms with Crippen molar-refractivity contribution in [1.82, 2.24) is 0 Å². The number of rotatable bonds is 0. The monoisotopic (exact) mass is 275 g/mol. The summed E-state index contributed by atoms with van der Waals surface area (Å²) in [5, 5.41) is 0. The zero-order chi connectivity index (χ0) is 14.8. The molecule has 2 aromatic carbocycles. The fraction of sp³-hybridized carbons (Fsp3) is 0.125. The quantitative estimate of drug-likeness (QED) is 0.571. The molecule has 0 aliphatic carbocycles. The van der Waals surface area contributed by atoms with Crippen LogP contribution in [0.3, 0.4) is 0 Å². The molecule has 0 spiro atoms. The van der Waals surface area contributed by atoms with Crippen LogP contribution in [0.15, 0.2) is 42.5 Å². The maximum Gasteiger partial charge on any atom is 0.416 e. The summed E-state index contributed by atoms with van der Waals surface area (Å²) in [4.78, 5) is 0. The second kappa shape index (κ2) is 5.30. The molecule has 4 heteroatoms. The first kappa shape index (κ1) is 14.0. The van der Waals surface area contributed by atoms with E-state index in [0.29, 0.717) is 16.8 Å². The highest BCUT2D eigenvalue weighted by Crippen LogP contribution is 2.28. The van der Waals surface area contributed by atoms with E-state index in [1.165, 1.54) is 12.1 Å². The maximum absolute atomic E-state index is 12.4. The lowest BCUT2D eigenvalue weighted by Crippen LogP contribution is -2.04. The van der Waals surface area contributed by atoms with Crippen LogP contribution in [-0.2, 0) is 6.18 Å². The van der Waals surface area contributed by atoms with E-state index in [1.54, 1.807) is 12.1 Å². The normalized spacial score (nSPS) is 10.8. The number of alkyl halides is 3. The summed E-state index contributed by atoms with van der Waals surface area (Å²) < 4.78 is 37.2. The van der Waals surface area contributed by atoms with Gasteiger partial charge in [-0.15, -0.1) is 0 Å². The highest BCUT2D eigenvalue weighted by atomic mass is 19.4. The molecule has 20 heavy (non-hydrogen) atoms. The van der Waals surface area contributed by atoms with Gasteiger partial charge in [0.05, 0.1) is 5.56 Å². The molecule has 0 atom stereocenters. The van der Waals surface area contributed by atoms with Crippen LogP contribution in [0, 0.1) is 18.8 Å². The minimum Gasteiger partial charge on any atom is -0.398 e. The Hall–Kier alpha value is -2.41. The lowest BCUT2D eigenvalue weighted by Gasteiger charge is -2.05. The van der Waals surface area contributed by atoms with Crippen molar-refractivity contribution in [3.63, 3.8) is 0 Å². The van der Waals surface area contributed by atoms with E-state index in [9.17, 15) is 13.2 Å². The van der Waals surface area contributed by atoms with E-state index >= 15 is 0 Å². The summed E-state index contributed by atoms with van der Waals surface area (Å²) >= 11 is 0. The summed E-state index contributed by atoms with van der Waals surface area (Å²) in [5.41, 5.74) is 7.90. The Kier molecular flexibility index (Phi) is 3.71. The van der Waals surface area contributed by atoms with Crippen molar-refractivity contribution in [1.29, 1.82) is 0 Å². The van der Waals surface area contributed by atoms with Gasteiger partial charge in [0.1, 0.15) is 0 Å². The predicted octanol–water partition coefficient (Wildman–Crippen LogP) is 4.00. The summed E-state index contributed by atoms with van der Waals surface area (Å²) in [5.74, 6) is 5.66. The number of nitrogen functional groups attached to an aromatic ring is 1. The smallest absolute Gasteiger partial charge is 0.398 e. The second-order valence-electron chi connectivity index (χ2n) is 4.42. The molecule has 2 aromatic rings. The van der Waals surface area contributed by atoms with Crippen molar-refractivity contribution in [2.75, 3.05) is 5.73 Å². The Morgan fingerprint density at radius 2 is 1.60 bits per heavy atom. The van der Waals surface area contributed by atoms with Gasteiger partial charge < -0.3 is 5.73 Å². The van der Waals surface area contributed by atoms with Gasteiger partial charge in [0.25, 0.3) is 0 Å². The number of benzene rings is 2. The van der Waals surface area contributed by atoms with E-state index in [-0.39, 0.29) is 0 Å². The summed E-state index contributed by atoms with van der Waals surface area (Å²) in [6.07, 6.45) is -4.33. The van der Waals surface area contributed by atoms with Crippen molar-refractivity contribution in [3.8, 4) is 11.8 Å². The molecular weight excluding hydrogens is 263 g/mol. The average Bonchev–Trinajstić information content (AvgIpc) is 2.37. The first-order chi connectivity index (χ1) is 9.36. The van der Waals surface area contributed by atoms with Crippen molar-refractivity contribution >= 4 is 5.69 Å². The SMILES string of the molecule is Cc1ccc(C#Cc2ccc(C(F)(F)F)cc2)c(N)c1. The molecule has 0 saturated heterocycles. The van der Waals surface area contributed by atoms with E-state index in [4.69, 9.17) is 5.73 Å². The molecule has 0 aliphatic heterocycles. The summed E-state index contributed by atoms with van der Waals surface area (Å²) in [6, 6.07) is 10.2. The van der Waals surface area contributed by atoms with Crippen LogP contribution in [0.4, 0.5) is 18.9 Å². The number of aryl methyl sites for hydroxylation is 1. The third kappa shape index (κ3) is 3.33. The zero-order valence-corrected chi connectivity index (χ0v) is 10.8. The molecule has 0 aromatic heterocycles. The minimum absolute atomic E-state index is 0.512. The highest BCUT2D eigenvalue weighted by Gasteiger charge is 2.29. The van der Waals surface area contributed by atoms with E-state index in [0.717, 1.165) is 17.7 Å². The van der Waals surface area contributed by atoms with Gasteiger partial charge in [-0.25, -0.2) is 0 Å². The Bertz CT molecular complexity index is 674. The van der Waals surface area contributed by atoms with Crippen LogP contribution in [0.2, 0.25) is 0 Å². The number of hydrogen-bond acceptors (Lipinski definition) is 1.